The third-order valence-corrected chi connectivity index (χ3v) is 4.39. The first kappa shape index (κ1) is 14.8. The Hall–Kier alpha value is -2.10. The van der Waals surface area contributed by atoms with E-state index in [-0.39, 0.29) is 5.91 Å². The number of aromatic nitrogens is 1. The molecule has 0 atom stereocenters. The first-order chi connectivity index (χ1) is 10.7. The summed E-state index contributed by atoms with van der Waals surface area (Å²) in [6.45, 7) is 7.47. The molecule has 0 spiro atoms. The predicted octanol–water partition coefficient (Wildman–Crippen LogP) is 2.86. The van der Waals surface area contributed by atoms with Crippen molar-refractivity contribution >= 4 is 22.5 Å². The second kappa shape index (κ2) is 6.34. The number of hydrogen-bond acceptors (Lipinski definition) is 3. The highest BCUT2D eigenvalue weighted by molar-refractivity contribution is 5.92. The van der Waals surface area contributed by atoms with Crippen molar-refractivity contribution < 1.29 is 4.79 Å². The van der Waals surface area contributed by atoms with Crippen molar-refractivity contribution in [1.29, 1.82) is 0 Å². The number of rotatable bonds is 3. The first-order valence-corrected chi connectivity index (χ1v) is 8.14. The van der Waals surface area contributed by atoms with Crippen LogP contribution in [0.25, 0.3) is 10.9 Å². The molecule has 0 N–H and O–H groups in total. The highest BCUT2D eigenvalue weighted by Gasteiger charge is 2.21. The number of nitrogens with zero attached hydrogens (tertiary/aromatic N) is 3. The van der Waals surface area contributed by atoms with Gasteiger partial charge in [-0.1, -0.05) is 32.0 Å². The van der Waals surface area contributed by atoms with Crippen LogP contribution in [0.2, 0.25) is 0 Å². The topological polar surface area (TPSA) is 36.4 Å². The molecule has 0 unspecified atom stereocenters. The summed E-state index contributed by atoms with van der Waals surface area (Å²) in [4.78, 5) is 20.9. The molecule has 1 aromatic carbocycles. The zero-order chi connectivity index (χ0) is 15.5. The average molecular weight is 297 g/mol. The van der Waals surface area contributed by atoms with E-state index in [4.69, 9.17) is 4.98 Å². The van der Waals surface area contributed by atoms with Gasteiger partial charge in [-0.15, -0.1) is 0 Å². The van der Waals surface area contributed by atoms with E-state index in [1.165, 1.54) is 11.1 Å². The van der Waals surface area contributed by atoms with Crippen molar-refractivity contribution in [1.82, 2.24) is 9.88 Å². The summed E-state index contributed by atoms with van der Waals surface area (Å²) in [6.07, 6.45) is 1.53. The summed E-state index contributed by atoms with van der Waals surface area (Å²) >= 11 is 0. The molecule has 1 amide bonds. The van der Waals surface area contributed by atoms with Gasteiger partial charge in [0.05, 0.1) is 5.52 Å². The Kier molecular flexibility index (Phi) is 4.27. The Morgan fingerprint density at radius 1 is 1.14 bits per heavy atom. The van der Waals surface area contributed by atoms with Crippen LogP contribution in [-0.4, -0.2) is 42.0 Å². The van der Waals surface area contributed by atoms with Crippen LogP contribution in [0.5, 0.6) is 0 Å². The molecule has 0 aliphatic carbocycles. The van der Waals surface area contributed by atoms with Gasteiger partial charge in [-0.05, 0) is 18.6 Å². The lowest BCUT2D eigenvalue weighted by molar-refractivity contribution is -0.131. The van der Waals surface area contributed by atoms with Crippen molar-refractivity contribution in [3.63, 3.8) is 0 Å². The smallest absolute Gasteiger partial charge is 0.222 e. The van der Waals surface area contributed by atoms with Crippen molar-refractivity contribution in [3.8, 4) is 0 Å². The van der Waals surface area contributed by atoms with E-state index in [0.717, 1.165) is 43.8 Å². The summed E-state index contributed by atoms with van der Waals surface area (Å²) in [7, 11) is 0. The highest BCUT2D eigenvalue weighted by atomic mass is 16.2. The Morgan fingerprint density at radius 3 is 2.55 bits per heavy atom. The molecule has 1 aromatic heterocycles. The van der Waals surface area contributed by atoms with Gasteiger partial charge >= 0.3 is 0 Å². The van der Waals surface area contributed by atoms with Crippen LogP contribution < -0.4 is 4.90 Å². The molecule has 2 heterocycles. The molecule has 1 saturated heterocycles. The number of amides is 1. The van der Waals surface area contributed by atoms with E-state index in [2.05, 4.69) is 36.1 Å². The minimum atomic E-state index is 0.258. The van der Waals surface area contributed by atoms with Crippen LogP contribution in [0.4, 0.5) is 5.69 Å². The summed E-state index contributed by atoms with van der Waals surface area (Å²) in [5.74, 6) is 0.258. The number of piperazine rings is 1. The van der Waals surface area contributed by atoms with Gasteiger partial charge in [0, 0.05) is 49.4 Å². The van der Waals surface area contributed by atoms with Crippen LogP contribution in [0, 0.1) is 0 Å². The lowest BCUT2D eigenvalue weighted by atomic mass is 10.1. The summed E-state index contributed by atoms with van der Waals surface area (Å²) in [5, 5.41) is 1.20. The number of carbonyl (C=O) groups excluding carboxylic acids is 1. The first-order valence-electron chi connectivity index (χ1n) is 8.14. The lowest BCUT2D eigenvalue weighted by Crippen LogP contribution is -2.48. The summed E-state index contributed by atoms with van der Waals surface area (Å²) in [6, 6.07) is 10.5. The van der Waals surface area contributed by atoms with E-state index < -0.39 is 0 Å². The number of carbonyl (C=O) groups is 1. The largest absolute Gasteiger partial charge is 0.367 e. The van der Waals surface area contributed by atoms with Crippen LogP contribution in [0.3, 0.4) is 0 Å². The molecule has 22 heavy (non-hydrogen) atoms. The Labute approximate surface area is 131 Å². The SMILES string of the molecule is CCC(=O)N1CCN(c2cc(CC)nc3ccccc23)CC1. The number of benzene rings is 1. The molecule has 0 bridgehead atoms. The fourth-order valence-electron chi connectivity index (χ4n) is 3.07. The van der Waals surface area contributed by atoms with Gasteiger partial charge in [0.15, 0.2) is 0 Å². The maximum absolute atomic E-state index is 11.8. The molecule has 2 aromatic rings. The van der Waals surface area contributed by atoms with E-state index in [0.29, 0.717) is 6.42 Å². The Bertz CT molecular complexity index is 675. The monoisotopic (exact) mass is 297 g/mol. The van der Waals surface area contributed by atoms with Crippen LogP contribution >= 0.6 is 0 Å². The zero-order valence-corrected chi connectivity index (χ0v) is 13.4. The zero-order valence-electron chi connectivity index (χ0n) is 13.4. The van der Waals surface area contributed by atoms with Crippen LogP contribution in [-0.2, 0) is 11.2 Å². The molecular weight excluding hydrogens is 274 g/mol. The number of hydrogen-bond donors (Lipinski definition) is 0. The van der Waals surface area contributed by atoms with Gasteiger partial charge in [-0.3, -0.25) is 9.78 Å². The fourth-order valence-corrected chi connectivity index (χ4v) is 3.07. The van der Waals surface area contributed by atoms with Crippen LogP contribution in [0.1, 0.15) is 26.0 Å². The van der Waals surface area contributed by atoms with E-state index in [1.807, 2.05) is 17.9 Å². The second-order valence-electron chi connectivity index (χ2n) is 5.72. The third-order valence-electron chi connectivity index (χ3n) is 4.39. The van der Waals surface area contributed by atoms with Gasteiger partial charge in [0.1, 0.15) is 0 Å². The molecule has 4 heteroatoms. The number of pyridine rings is 1. The third kappa shape index (κ3) is 2.78. The Balaban J connectivity index is 1.89. The van der Waals surface area contributed by atoms with E-state index in [1.54, 1.807) is 0 Å². The minimum Gasteiger partial charge on any atom is -0.367 e. The quantitative estimate of drug-likeness (QED) is 0.874. The molecule has 1 fully saturated rings. The lowest BCUT2D eigenvalue weighted by Gasteiger charge is -2.36. The van der Waals surface area contributed by atoms with Gasteiger partial charge in [-0.25, -0.2) is 0 Å². The maximum Gasteiger partial charge on any atom is 0.222 e. The van der Waals surface area contributed by atoms with Crippen molar-refractivity contribution in [2.45, 2.75) is 26.7 Å². The standard InChI is InChI=1S/C18H23N3O/c1-3-14-13-17(15-7-5-6-8-16(15)19-14)20-9-11-21(12-10-20)18(22)4-2/h5-8,13H,3-4,9-12H2,1-2H3. The van der Waals surface area contributed by atoms with Crippen molar-refractivity contribution in [3.05, 3.63) is 36.0 Å². The maximum atomic E-state index is 11.8. The number of fused-ring (bicyclic) bond motifs is 1. The van der Waals surface area contributed by atoms with Crippen LogP contribution in [0.15, 0.2) is 30.3 Å². The van der Waals surface area contributed by atoms with Gasteiger partial charge in [-0.2, -0.15) is 0 Å². The molecule has 3 rings (SSSR count). The molecule has 0 saturated carbocycles. The highest BCUT2D eigenvalue weighted by Crippen LogP contribution is 2.28. The number of aryl methyl sites for hydroxylation is 1. The van der Waals surface area contributed by atoms with E-state index in [9.17, 15) is 4.79 Å². The van der Waals surface area contributed by atoms with Gasteiger partial charge < -0.3 is 9.80 Å². The molecule has 0 radical (unpaired) electrons. The molecular formula is C18H23N3O. The van der Waals surface area contributed by atoms with Gasteiger partial charge in [0.25, 0.3) is 0 Å². The fraction of sp³-hybridized carbons (Fsp3) is 0.444. The number of anilines is 1. The molecule has 1 aliphatic rings. The normalized spacial score (nSPS) is 15.4. The summed E-state index contributed by atoms with van der Waals surface area (Å²) in [5.41, 5.74) is 3.44. The minimum absolute atomic E-state index is 0.258. The second-order valence-corrected chi connectivity index (χ2v) is 5.72. The molecule has 1 aliphatic heterocycles. The van der Waals surface area contributed by atoms with Crippen molar-refractivity contribution in [2.24, 2.45) is 0 Å². The Morgan fingerprint density at radius 2 is 1.86 bits per heavy atom. The van der Waals surface area contributed by atoms with Crippen molar-refractivity contribution in [2.75, 3.05) is 31.1 Å². The predicted molar refractivity (Wildman–Crippen MR) is 90.2 cm³/mol. The summed E-state index contributed by atoms with van der Waals surface area (Å²) < 4.78 is 0. The molecule has 4 nitrogen and oxygen atoms in total. The van der Waals surface area contributed by atoms with Gasteiger partial charge in [0.2, 0.25) is 5.91 Å². The number of para-hydroxylation sites is 1. The average Bonchev–Trinajstić information content (AvgIpc) is 2.60. The molecule has 116 valence electrons. The van der Waals surface area contributed by atoms with E-state index >= 15 is 0 Å².